The third-order valence-corrected chi connectivity index (χ3v) is 3.14. The normalized spacial score (nSPS) is 15.1. The number of aliphatic carboxylic acids is 1. The lowest BCUT2D eigenvalue weighted by Crippen LogP contribution is -2.36. The maximum atomic E-state index is 11.6. The van der Waals surface area contributed by atoms with Crippen molar-refractivity contribution in [3.05, 3.63) is 29.8 Å². The molecule has 1 aliphatic carbocycles. The summed E-state index contributed by atoms with van der Waals surface area (Å²) in [6, 6.07) is 8.00. The van der Waals surface area contributed by atoms with E-state index >= 15 is 0 Å². The highest BCUT2D eigenvalue weighted by molar-refractivity contribution is 5.90. The smallest absolute Gasteiger partial charge is 0.319 e. The first-order valence-corrected chi connectivity index (χ1v) is 5.84. The Bertz CT molecular complexity index is 558. The summed E-state index contributed by atoms with van der Waals surface area (Å²) >= 11 is 0. The first-order chi connectivity index (χ1) is 9.05. The lowest BCUT2D eigenvalue weighted by atomic mass is 10.1. The SMILES string of the molecule is N#Cc1cccc(NC(=O)NCC2(C(=O)O)CC2)c1. The summed E-state index contributed by atoms with van der Waals surface area (Å²) < 4.78 is 0. The molecule has 1 aromatic rings. The van der Waals surface area contributed by atoms with Crippen LogP contribution in [0.4, 0.5) is 10.5 Å². The van der Waals surface area contributed by atoms with Crippen LogP contribution < -0.4 is 10.6 Å². The van der Waals surface area contributed by atoms with Gasteiger partial charge in [-0.3, -0.25) is 4.79 Å². The van der Waals surface area contributed by atoms with Crippen molar-refractivity contribution in [3.63, 3.8) is 0 Å². The summed E-state index contributed by atoms with van der Waals surface area (Å²) in [6.45, 7) is 0.117. The van der Waals surface area contributed by atoms with Gasteiger partial charge in [-0.1, -0.05) is 6.07 Å². The Morgan fingerprint density at radius 3 is 2.74 bits per heavy atom. The van der Waals surface area contributed by atoms with Gasteiger partial charge >= 0.3 is 12.0 Å². The van der Waals surface area contributed by atoms with Crippen molar-refractivity contribution in [2.45, 2.75) is 12.8 Å². The third-order valence-electron chi connectivity index (χ3n) is 3.14. The van der Waals surface area contributed by atoms with Crippen LogP contribution in [-0.4, -0.2) is 23.7 Å². The molecule has 0 saturated heterocycles. The van der Waals surface area contributed by atoms with Gasteiger partial charge in [0.15, 0.2) is 0 Å². The number of nitrogens with zero attached hydrogens (tertiary/aromatic N) is 1. The minimum Gasteiger partial charge on any atom is -0.481 e. The number of hydrogen-bond donors (Lipinski definition) is 3. The first-order valence-electron chi connectivity index (χ1n) is 5.84. The fourth-order valence-electron chi connectivity index (χ4n) is 1.71. The standard InChI is InChI=1S/C13H13N3O3/c14-7-9-2-1-3-10(6-9)16-12(19)15-8-13(4-5-13)11(17)18/h1-3,6H,4-5,8H2,(H,17,18)(H2,15,16,19). The Kier molecular flexibility index (Phi) is 3.38. The highest BCUT2D eigenvalue weighted by atomic mass is 16.4. The van der Waals surface area contributed by atoms with Crippen LogP contribution in [-0.2, 0) is 4.79 Å². The predicted octanol–water partition coefficient (Wildman–Crippen LogP) is 1.54. The molecule has 0 atom stereocenters. The van der Waals surface area contributed by atoms with Crippen molar-refractivity contribution in [2.24, 2.45) is 5.41 Å². The molecule has 2 rings (SSSR count). The average Bonchev–Trinajstić information content (AvgIpc) is 3.18. The number of carbonyl (C=O) groups excluding carboxylic acids is 1. The third kappa shape index (κ3) is 3.01. The second kappa shape index (κ2) is 4.98. The Hall–Kier alpha value is -2.55. The number of benzene rings is 1. The zero-order valence-corrected chi connectivity index (χ0v) is 10.1. The number of amides is 2. The molecule has 0 spiro atoms. The molecule has 98 valence electrons. The van der Waals surface area contributed by atoms with E-state index in [0.29, 0.717) is 24.1 Å². The molecular formula is C13H13N3O3. The van der Waals surface area contributed by atoms with Gasteiger partial charge in [0.25, 0.3) is 0 Å². The number of carbonyl (C=O) groups is 2. The Balaban J connectivity index is 1.88. The van der Waals surface area contributed by atoms with Crippen LogP contribution in [0.5, 0.6) is 0 Å². The van der Waals surface area contributed by atoms with Gasteiger partial charge in [-0.2, -0.15) is 5.26 Å². The van der Waals surface area contributed by atoms with E-state index < -0.39 is 17.4 Å². The second-order valence-electron chi connectivity index (χ2n) is 4.59. The lowest BCUT2D eigenvalue weighted by Gasteiger charge is -2.12. The summed E-state index contributed by atoms with van der Waals surface area (Å²) in [6.07, 6.45) is 1.18. The van der Waals surface area contributed by atoms with Gasteiger partial charge in [-0.25, -0.2) is 4.79 Å². The monoisotopic (exact) mass is 259 g/mol. The highest BCUT2D eigenvalue weighted by Crippen LogP contribution is 2.45. The number of nitriles is 1. The van der Waals surface area contributed by atoms with E-state index in [1.807, 2.05) is 6.07 Å². The van der Waals surface area contributed by atoms with Crippen molar-refractivity contribution >= 4 is 17.7 Å². The Labute approximate surface area is 110 Å². The molecule has 0 heterocycles. The molecule has 3 N–H and O–H groups in total. The highest BCUT2D eigenvalue weighted by Gasteiger charge is 2.50. The van der Waals surface area contributed by atoms with Gasteiger partial charge in [0.2, 0.25) is 0 Å². The van der Waals surface area contributed by atoms with Gasteiger partial charge < -0.3 is 15.7 Å². The number of carboxylic acid groups (broad SMARTS) is 1. The molecule has 0 bridgehead atoms. The lowest BCUT2D eigenvalue weighted by molar-refractivity contribution is -0.143. The topological polar surface area (TPSA) is 102 Å². The number of hydrogen-bond acceptors (Lipinski definition) is 3. The van der Waals surface area contributed by atoms with E-state index in [0.717, 1.165) is 0 Å². The summed E-state index contributed by atoms with van der Waals surface area (Å²) in [5.41, 5.74) is 0.157. The van der Waals surface area contributed by atoms with Gasteiger partial charge in [0.05, 0.1) is 17.0 Å². The van der Waals surface area contributed by atoms with Crippen LogP contribution in [0.25, 0.3) is 0 Å². The van der Waals surface area contributed by atoms with Gasteiger partial charge in [-0.15, -0.1) is 0 Å². The Morgan fingerprint density at radius 2 is 2.16 bits per heavy atom. The summed E-state index contributed by atoms with van der Waals surface area (Å²) in [7, 11) is 0. The summed E-state index contributed by atoms with van der Waals surface area (Å²) in [4.78, 5) is 22.5. The van der Waals surface area contributed by atoms with Crippen LogP contribution in [0.3, 0.4) is 0 Å². The first kappa shape index (κ1) is 12.9. The van der Waals surface area contributed by atoms with Crippen LogP contribution >= 0.6 is 0 Å². The maximum Gasteiger partial charge on any atom is 0.319 e. The number of rotatable bonds is 4. The number of anilines is 1. The van der Waals surface area contributed by atoms with Crippen LogP contribution in [0.15, 0.2) is 24.3 Å². The Morgan fingerprint density at radius 1 is 1.42 bits per heavy atom. The summed E-state index contributed by atoms with van der Waals surface area (Å²) in [5.74, 6) is -0.876. The van der Waals surface area contributed by atoms with E-state index in [-0.39, 0.29) is 6.54 Å². The second-order valence-corrected chi connectivity index (χ2v) is 4.59. The van der Waals surface area contributed by atoms with Crippen molar-refractivity contribution in [1.29, 1.82) is 5.26 Å². The van der Waals surface area contributed by atoms with Gasteiger partial charge in [0, 0.05) is 12.2 Å². The van der Waals surface area contributed by atoms with E-state index in [1.54, 1.807) is 24.3 Å². The van der Waals surface area contributed by atoms with E-state index in [1.165, 1.54) is 0 Å². The fourth-order valence-corrected chi connectivity index (χ4v) is 1.71. The van der Waals surface area contributed by atoms with E-state index in [4.69, 9.17) is 10.4 Å². The molecule has 0 unspecified atom stereocenters. The molecule has 0 aliphatic heterocycles. The predicted molar refractivity (Wildman–Crippen MR) is 67.5 cm³/mol. The molecule has 0 radical (unpaired) electrons. The number of urea groups is 1. The molecular weight excluding hydrogens is 246 g/mol. The molecule has 19 heavy (non-hydrogen) atoms. The molecule has 6 nitrogen and oxygen atoms in total. The molecule has 2 amide bonds. The maximum absolute atomic E-state index is 11.6. The number of nitrogens with one attached hydrogen (secondary N) is 2. The largest absolute Gasteiger partial charge is 0.481 e. The molecule has 1 fully saturated rings. The van der Waals surface area contributed by atoms with Crippen molar-refractivity contribution in [2.75, 3.05) is 11.9 Å². The fraction of sp³-hybridized carbons (Fsp3) is 0.308. The minimum atomic E-state index is -0.876. The minimum absolute atomic E-state index is 0.117. The molecule has 1 aliphatic rings. The zero-order chi connectivity index (χ0) is 13.9. The van der Waals surface area contributed by atoms with Gasteiger partial charge in [-0.05, 0) is 31.0 Å². The van der Waals surface area contributed by atoms with Crippen molar-refractivity contribution in [3.8, 4) is 6.07 Å². The van der Waals surface area contributed by atoms with Crippen LogP contribution in [0.2, 0.25) is 0 Å². The van der Waals surface area contributed by atoms with E-state index in [9.17, 15) is 9.59 Å². The van der Waals surface area contributed by atoms with E-state index in [2.05, 4.69) is 10.6 Å². The van der Waals surface area contributed by atoms with Gasteiger partial charge in [0.1, 0.15) is 0 Å². The average molecular weight is 259 g/mol. The zero-order valence-electron chi connectivity index (χ0n) is 10.1. The molecule has 0 aromatic heterocycles. The molecule has 1 saturated carbocycles. The molecule has 1 aromatic carbocycles. The molecule has 6 heteroatoms. The van der Waals surface area contributed by atoms with Crippen molar-refractivity contribution in [1.82, 2.24) is 5.32 Å². The summed E-state index contributed by atoms with van der Waals surface area (Å²) in [5, 5.41) is 22.8. The van der Waals surface area contributed by atoms with Crippen molar-refractivity contribution < 1.29 is 14.7 Å². The quantitative estimate of drug-likeness (QED) is 0.763. The van der Waals surface area contributed by atoms with Crippen LogP contribution in [0.1, 0.15) is 18.4 Å². The van der Waals surface area contributed by atoms with Crippen LogP contribution in [0, 0.1) is 16.7 Å². The number of carboxylic acids is 1.